The van der Waals surface area contributed by atoms with Crippen LogP contribution >= 0.6 is 0 Å². The molecule has 1 atom stereocenters. The third-order valence-corrected chi connectivity index (χ3v) is 5.95. The first-order valence-electron chi connectivity index (χ1n) is 10.2. The number of fused-ring (bicyclic) bond motifs is 1. The van der Waals surface area contributed by atoms with Gasteiger partial charge in [-0.15, -0.1) is 0 Å². The van der Waals surface area contributed by atoms with Crippen molar-refractivity contribution in [2.24, 2.45) is 0 Å². The van der Waals surface area contributed by atoms with Crippen molar-refractivity contribution in [2.75, 3.05) is 13.1 Å². The molecule has 1 unspecified atom stereocenters. The quantitative estimate of drug-likeness (QED) is 0.668. The van der Waals surface area contributed by atoms with Crippen molar-refractivity contribution < 1.29 is 4.79 Å². The zero-order chi connectivity index (χ0) is 19.5. The maximum absolute atomic E-state index is 13.1. The average Bonchev–Trinajstić information content (AvgIpc) is 2.74. The zero-order valence-electron chi connectivity index (χ0n) is 16.7. The highest BCUT2D eigenvalue weighted by Crippen LogP contribution is 2.28. The highest BCUT2D eigenvalue weighted by atomic mass is 16.1. The van der Waals surface area contributed by atoms with Crippen LogP contribution in [0.2, 0.25) is 0 Å². The van der Waals surface area contributed by atoms with Crippen LogP contribution in [0.5, 0.6) is 0 Å². The summed E-state index contributed by atoms with van der Waals surface area (Å²) in [6.45, 7) is 6.19. The van der Waals surface area contributed by atoms with Crippen LogP contribution in [-0.4, -0.2) is 19.0 Å². The molecule has 1 saturated heterocycles. The number of aryl methyl sites for hydroxylation is 1. The first-order chi connectivity index (χ1) is 13.6. The van der Waals surface area contributed by atoms with Gasteiger partial charge in [-0.1, -0.05) is 54.6 Å². The van der Waals surface area contributed by atoms with Crippen molar-refractivity contribution in [3.05, 3.63) is 82.9 Å². The van der Waals surface area contributed by atoms with Gasteiger partial charge in [-0.3, -0.25) is 4.79 Å². The lowest BCUT2D eigenvalue weighted by Gasteiger charge is -2.24. The Kier molecular flexibility index (Phi) is 5.45. The Morgan fingerprint density at radius 2 is 1.79 bits per heavy atom. The number of rotatable bonds is 4. The highest BCUT2D eigenvalue weighted by molar-refractivity contribution is 5.96. The summed E-state index contributed by atoms with van der Waals surface area (Å²) in [6, 6.07) is 20.9. The molecule has 0 spiro atoms. The van der Waals surface area contributed by atoms with Crippen molar-refractivity contribution >= 4 is 16.7 Å². The van der Waals surface area contributed by atoms with E-state index in [4.69, 9.17) is 0 Å². The van der Waals surface area contributed by atoms with Gasteiger partial charge in [0.05, 0.1) is 6.04 Å². The first-order valence-corrected chi connectivity index (χ1v) is 10.2. The minimum atomic E-state index is -0.0551. The summed E-state index contributed by atoms with van der Waals surface area (Å²) >= 11 is 0. The van der Waals surface area contributed by atoms with Gasteiger partial charge in [-0.05, 0) is 79.2 Å². The Labute approximate surface area is 167 Å². The van der Waals surface area contributed by atoms with E-state index in [0.717, 1.165) is 42.6 Å². The highest BCUT2D eigenvalue weighted by Gasteiger charge is 2.19. The van der Waals surface area contributed by atoms with Crippen LogP contribution in [-0.2, 0) is 0 Å². The number of carbonyl (C=O) groups excluding carboxylic acids is 1. The molecule has 3 heteroatoms. The second-order valence-corrected chi connectivity index (χ2v) is 7.86. The van der Waals surface area contributed by atoms with Gasteiger partial charge in [-0.25, -0.2) is 0 Å². The molecule has 1 amide bonds. The maximum Gasteiger partial charge on any atom is 0.252 e. The minimum Gasteiger partial charge on any atom is -0.345 e. The van der Waals surface area contributed by atoms with E-state index < -0.39 is 0 Å². The molecule has 0 aromatic heterocycles. The number of amides is 1. The lowest BCUT2D eigenvalue weighted by molar-refractivity contribution is 0.0939. The third-order valence-electron chi connectivity index (χ3n) is 5.95. The summed E-state index contributed by atoms with van der Waals surface area (Å²) in [5.74, 6) is 0.553. The summed E-state index contributed by atoms with van der Waals surface area (Å²) in [6.07, 6.45) is 2.27. The van der Waals surface area contributed by atoms with Crippen LogP contribution in [0.15, 0.2) is 60.7 Å². The van der Waals surface area contributed by atoms with E-state index in [1.807, 2.05) is 19.1 Å². The monoisotopic (exact) mass is 372 g/mol. The molecule has 0 aliphatic carbocycles. The summed E-state index contributed by atoms with van der Waals surface area (Å²) < 4.78 is 0. The van der Waals surface area contributed by atoms with Crippen molar-refractivity contribution in [3.63, 3.8) is 0 Å². The fourth-order valence-electron chi connectivity index (χ4n) is 4.27. The Morgan fingerprint density at radius 3 is 2.61 bits per heavy atom. The molecule has 0 radical (unpaired) electrons. The number of piperidine rings is 1. The van der Waals surface area contributed by atoms with E-state index in [0.29, 0.717) is 5.92 Å². The van der Waals surface area contributed by atoms with Crippen LogP contribution < -0.4 is 10.6 Å². The summed E-state index contributed by atoms with van der Waals surface area (Å²) in [5.41, 5.74) is 4.26. The molecule has 2 N–H and O–H groups in total. The maximum atomic E-state index is 13.1. The number of hydrogen-bond acceptors (Lipinski definition) is 2. The Hall–Kier alpha value is -2.65. The molecular formula is C25H28N2O. The largest absolute Gasteiger partial charge is 0.345 e. The lowest BCUT2D eigenvalue weighted by Crippen LogP contribution is -2.28. The predicted molar refractivity (Wildman–Crippen MR) is 116 cm³/mol. The Morgan fingerprint density at radius 1 is 1.04 bits per heavy atom. The fourth-order valence-corrected chi connectivity index (χ4v) is 4.27. The van der Waals surface area contributed by atoms with E-state index in [2.05, 4.69) is 66.1 Å². The average molecular weight is 373 g/mol. The standard InChI is InChI=1S/C25H28N2O/c1-17-10-11-21(19-12-14-26-15-13-19)16-24(17)25(28)27-18(2)22-9-5-7-20-6-3-4-8-23(20)22/h3-11,16,18-19,26H,12-15H2,1-2H3,(H,27,28). The van der Waals surface area contributed by atoms with Crippen LogP contribution in [0, 0.1) is 6.92 Å². The fraction of sp³-hybridized carbons (Fsp3) is 0.320. The van der Waals surface area contributed by atoms with Crippen LogP contribution in [0.4, 0.5) is 0 Å². The van der Waals surface area contributed by atoms with Crippen molar-refractivity contribution in [2.45, 2.75) is 38.6 Å². The molecule has 4 rings (SSSR count). The SMILES string of the molecule is Cc1ccc(C2CCNCC2)cc1C(=O)NC(C)c1cccc2ccccc12. The Bertz CT molecular complexity index is 984. The molecule has 0 saturated carbocycles. The van der Waals surface area contributed by atoms with E-state index in [1.54, 1.807) is 0 Å². The normalized spacial score (nSPS) is 16.1. The molecule has 144 valence electrons. The topological polar surface area (TPSA) is 41.1 Å². The number of carbonyl (C=O) groups is 1. The van der Waals surface area contributed by atoms with Crippen LogP contribution in [0.25, 0.3) is 10.8 Å². The van der Waals surface area contributed by atoms with Gasteiger partial charge in [0.1, 0.15) is 0 Å². The van der Waals surface area contributed by atoms with Gasteiger partial charge in [0.15, 0.2) is 0 Å². The van der Waals surface area contributed by atoms with Gasteiger partial charge in [-0.2, -0.15) is 0 Å². The molecule has 28 heavy (non-hydrogen) atoms. The van der Waals surface area contributed by atoms with Gasteiger partial charge in [0.25, 0.3) is 5.91 Å². The van der Waals surface area contributed by atoms with Gasteiger partial charge in [0, 0.05) is 5.56 Å². The minimum absolute atomic E-state index is 0.00807. The molecule has 1 heterocycles. The number of benzene rings is 3. The molecular weight excluding hydrogens is 344 g/mol. The lowest BCUT2D eigenvalue weighted by atomic mass is 9.88. The molecule has 1 aliphatic heterocycles. The van der Waals surface area contributed by atoms with Gasteiger partial charge < -0.3 is 10.6 Å². The van der Waals surface area contributed by atoms with E-state index in [1.165, 1.54) is 16.3 Å². The number of nitrogens with one attached hydrogen (secondary N) is 2. The van der Waals surface area contributed by atoms with E-state index in [9.17, 15) is 4.79 Å². The summed E-state index contributed by atoms with van der Waals surface area (Å²) in [7, 11) is 0. The van der Waals surface area contributed by atoms with E-state index >= 15 is 0 Å². The zero-order valence-corrected chi connectivity index (χ0v) is 16.7. The van der Waals surface area contributed by atoms with Gasteiger partial charge in [0.2, 0.25) is 0 Å². The first kappa shape index (κ1) is 18.7. The predicted octanol–water partition coefficient (Wildman–Crippen LogP) is 5.11. The molecule has 1 fully saturated rings. The van der Waals surface area contributed by atoms with Crippen LogP contribution in [0.3, 0.4) is 0 Å². The van der Waals surface area contributed by atoms with Gasteiger partial charge >= 0.3 is 0 Å². The molecule has 0 bridgehead atoms. The second kappa shape index (κ2) is 8.15. The Balaban J connectivity index is 1.57. The molecule has 3 aromatic rings. The van der Waals surface area contributed by atoms with Crippen LogP contribution in [0.1, 0.15) is 58.8 Å². The van der Waals surface area contributed by atoms with Crippen molar-refractivity contribution in [3.8, 4) is 0 Å². The van der Waals surface area contributed by atoms with Crippen molar-refractivity contribution in [1.29, 1.82) is 0 Å². The smallest absolute Gasteiger partial charge is 0.252 e. The summed E-state index contributed by atoms with van der Waals surface area (Å²) in [4.78, 5) is 13.1. The molecule has 3 aromatic carbocycles. The van der Waals surface area contributed by atoms with Crippen molar-refractivity contribution in [1.82, 2.24) is 10.6 Å². The van der Waals surface area contributed by atoms with E-state index in [-0.39, 0.29) is 11.9 Å². The third kappa shape index (κ3) is 3.81. The number of hydrogen-bond donors (Lipinski definition) is 2. The second-order valence-electron chi connectivity index (χ2n) is 7.86. The molecule has 3 nitrogen and oxygen atoms in total. The summed E-state index contributed by atoms with van der Waals surface area (Å²) in [5, 5.41) is 9.03. The molecule has 1 aliphatic rings.